The van der Waals surface area contributed by atoms with Crippen LogP contribution in [0.2, 0.25) is 5.02 Å². The Kier molecular flexibility index (Phi) is 4.74. The normalized spacial score (nSPS) is 11.9. The maximum absolute atomic E-state index is 6.23. The highest BCUT2D eigenvalue weighted by molar-refractivity contribution is 6.31. The fourth-order valence-electron chi connectivity index (χ4n) is 2.23. The Labute approximate surface area is 132 Å². The lowest BCUT2D eigenvalue weighted by Gasteiger charge is -2.20. The number of hydrogen-bond acceptors (Lipinski definition) is 2. The van der Waals surface area contributed by atoms with Crippen molar-refractivity contribution in [1.82, 2.24) is 15.1 Å². The maximum Gasteiger partial charge on any atom is 0.0663 e. The molecule has 4 heteroatoms. The van der Waals surface area contributed by atoms with E-state index in [1.807, 2.05) is 29.9 Å². The molecule has 1 heterocycles. The zero-order valence-corrected chi connectivity index (χ0v) is 14.3. The van der Waals surface area contributed by atoms with Gasteiger partial charge in [0.15, 0.2) is 0 Å². The van der Waals surface area contributed by atoms with E-state index in [1.165, 1.54) is 11.3 Å². The smallest absolute Gasteiger partial charge is 0.0663 e. The monoisotopic (exact) mass is 305 g/mol. The fraction of sp³-hybridized carbons (Fsp3) is 0.471. The van der Waals surface area contributed by atoms with E-state index in [0.717, 1.165) is 29.2 Å². The van der Waals surface area contributed by atoms with Crippen molar-refractivity contribution in [2.45, 2.75) is 53.1 Å². The summed E-state index contributed by atoms with van der Waals surface area (Å²) in [5.74, 6) is 0. The molecule has 0 fully saturated rings. The number of halogens is 1. The second-order valence-electron chi connectivity index (χ2n) is 6.42. The van der Waals surface area contributed by atoms with Gasteiger partial charge in [-0.1, -0.05) is 24.6 Å². The van der Waals surface area contributed by atoms with Crippen LogP contribution in [0.15, 0.2) is 24.4 Å². The molecule has 0 bridgehead atoms. The van der Waals surface area contributed by atoms with Gasteiger partial charge < -0.3 is 5.32 Å². The topological polar surface area (TPSA) is 29.9 Å². The van der Waals surface area contributed by atoms with E-state index in [2.05, 4.69) is 44.2 Å². The molecular weight excluding hydrogens is 282 g/mol. The van der Waals surface area contributed by atoms with Gasteiger partial charge in [-0.05, 0) is 51.8 Å². The lowest BCUT2D eigenvalue weighted by molar-refractivity contribution is 0.423. The zero-order valence-electron chi connectivity index (χ0n) is 13.5. The predicted octanol–water partition coefficient (Wildman–Crippen LogP) is 4.28. The molecule has 0 saturated heterocycles. The molecule has 21 heavy (non-hydrogen) atoms. The number of rotatable bonds is 4. The van der Waals surface area contributed by atoms with Gasteiger partial charge >= 0.3 is 0 Å². The molecule has 0 saturated carbocycles. The first-order valence-corrected chi connectivity index (χ1v) is 7.77. The third-order valence-corrected chi connectivity index (χ3v) is 3.91. The average molecular weight is 306 g/mol. The summed E-state index contributed by atoms with van der Waals surface area (Å²) in [6.45, 7) is 11.5. The summed E-state index contributed by atoms with van der Waals surface area (Å²) >= 11 is 6.23. The number of aromatic nitrogens is 2. The van der Waals surface area contributed by atoms with E-state index in [0.29, 0.717) is 0 Å². The Hall–Kier alpha value is -1.32. The third kappa shape index (κ3) is 3.86. The molecule has 3 nitrogen and oxygen atoms in total. The number of hydrogen-bond donors (Lipinski definition) is 1. The summed E-state index contributed by atoms with van der Waals surface area (Å²) in [5, 5.41) is 8.84. The highest BCUT2D eigenvalue weighted by Gasteiger charge is 2.14. The van der Waals surface area contributed by atoms with Gasteiger partial charge in [-0.2, -0.15) is 5.10 Å². The van der Waals surface area contributed by atoms with Gasteiger partial charge in [-0.3, -0.25) is 0 Å². The van der Waals surface area contributed by atoms with Crippen molar-refractivity contribution in [2.75, 3.05) is 0 Å². The molecule has 2 aromatic rings. The Balaban J connectivity index is 2.32. The van der Waals surface area contributed by atoms with E-state index in [-0.39, 0.29) is 5.54 Å². The largest absolute Gasteiger partial charge is 0.308 e. The summed E-state index contributed by atoms with van der Waals surface area (Å²) in [5.41, 5.74) is 4.67. The molecule has 0 radical (unpaired) electrons. The van der Waals surface area contributed by atoms with Gasteiger partial charge in [0, 0.05) is 28.4 Å². The molecule has 1 aromatic heterocycles. The van der Waals surface area contributed by atoms with Crippen molar-refractivity contribution >= 4 is 11.6 Å². The number of benzene rings is 1. The quantitative estimate of drug-likeness (QED) is 0.913. The molecule has 1 aromatic carbocycles. The molecule has 0 unspecified atom stereocenters. The van der Waals surface area contributed by atoms with Gasteiger partial charge in [0.1, 0.15) is 0 Å². The highest BCUT2D eigenvalue weighted by atomic mass is 35.5. The number of nitrogens with one attached hydrogen (secondary N) is 1. The van der Waals surface area contributed by atoms with E-state index in [9.17, 15) is 0 Å². The molecule has 114 valence electrons. The summed E-state index contributed by atoms with van der Waals surface area (Å²) in [6, 6.07) is 6.07. The van der Waals surface area contributed by atoms with Gasteiger partial charge in [-0.15, -0.1) is 0 Å². The van der Waals surface area contributed by atoms with Crippen LogP contribution in [0.5, 0.6) is 0 Å². The van der Waals surface area contributed by atoms with Crippen LogP contribution >= 0.6 is 11.6 Å². The minimum absolute atomic E-state index is 0.0975. The van der Waals surface area contributed by atoms with E-state index in [4.69, 9.17) is 11.6 Å². The van der Waals surface area contributed by atoms with Crippen molar-refractivity contribution in [3.8, 4) is 5.69 Å². The molecule has 0 atom stereocenters. The maximum atomic E-state index is 6.23. The third-order valence-electron chi connectivity index (χ3n) is 3.50. The SMILES string of the molecule is CCc1c(CNC(C)(C)C)cnn1-c1ccc(C)c(Cl)c1. The van der Waals surface area contributed by atoms with E-state index < -0.39 is 0 Å². The van der Waals surface area contributed by atoms with Crippen LogP contribution in [-0.4, -0.2) is 15.3 Å². The van der Waals surface area contributed by atoms with Crippen LogP contribution in [-0.2, 0) is 13.0 Å². The van der Waals surface area contributed by atoms with Crippen molar-refractivity contribution in [1.29, 1.82) is 0 Å². The Morgan fingerprint density at radius 2 is 2.00 bits per heavy atom. The van der Waals surface area contributed by atoms with Crippen LogP contribution in [0, 0.1) is 6.92 Å². The van der Waals surface area contributed by atoms with Gasteiger partial charge in [0.2, 0.25) is 0 Å². The highest BCUT2D eigenvalue weighted by Crippen LogP contribution is 2.22. The average Bonchev–Trinajstić information content (AvgIpc) is 2.81. The molecule has 0 spiro atoms. The van der Waals surface area contributed by atoms with Crippen LogP contribution < -0.4 is 5.32 Å². The Morgan fingerprint density at radius 3 is 2.57 bits per heavy atom. The number of nitrogens with zero attached hydrogens (tertiary/aromatic N) is 2. The second-order valence-corrected chi connectivity index (χ2v) is 6.83. The molecule has 0 aliphatic carbocycles. The van der Waals surface area contributed by atoms with Crippen molar-refractivity contribution < 1.29 is 0 Å². The second kappa shape index (κ2) is 6.20. The predicted molar refractivity (Wildman–Crippen MR) is 89.3 cm³/mol. The number of aryl methyl sites for hydroxylation is 1. The van der Waals surface area contributed by atoms with Crippen LogP contribution in [0.3, 0.4) is 0 Å². The summed E-state index contributed by atoms with van der Waals surface area (Å²) in [7, 11) is 0. The van der Waals surface area contributed by atoms with Crippen molar-refractivity contribution in [3.05, 3.63) is 46.2 Å². The molecule has 2 rings (SSSR count). The van der Waals surface area contributed by atoms with Crippen molar-refractivity contribution in [3.63, 3.8) is 0 Å². The van der Waals surface area contributed by atoms with Crippen LogP contribution in [0.4, 0.5) is 0 Å². The van der Waals surface area contributed by atoms with Crippen LogP contribution in [0.25, 0.3) is 5.69 Å². The first-order chi connectivity index (χ1) is 9.81. The zero-order chi connectivity index (χ0) is 15.6. The van der Waals surface area contributed by atoms with Gasteiger partial charge in [-0.25, -0.2) is 4.68 Å². The Bertz CT molecular complexity index is 623. The molecule has 0 aliphatic heterocycles. The molecule has 0 amide bonds. The summed E-state index contributed by atoms with van der Waals surface area (Å²) in [6.07, 6.45) is 2.89. The standard InChI is InChI=1S/C17H24ClN3/c1-6-16-13(10-19-17(3,4)5)11-20-21(16)14-8-7-12(2)15(18)9-14/h7-9,11,19H,6,10H2,1-5H3. The Morgan fingerprint density at radius 1 is 1.29 bits per heavy atom. The van der Waals surface area contributed by atoms with E-state index >= 15 is 0 Å². The van der Waals surface area contributed by atoms with E-state index in [1.54, 1.807) is 0 Å². The molecule has 0 aliphatic rings. The summed E-state index contributed by atoms with van der Waals surface area (Å²) < 4.78 is 1.99. The van der Waals surface area contributed by atoms with Gasteiger partial charge in [0.05, 0.1) is 11.9 Å². The van der Waals surface area contributed by atoms with Gasteiger partial charge in [0.25, 0.3) is 0 Å². The molecular formula is C17H24ClN3. The van der Waals surface area contributed by atoms with Crippen molar-refractivity contribution in [2.24, 2.45) is 0 Å². The first kappa shape index (κ1) is 16.1. The lowest BCUT2D eigenvalue weighted by Crippen LogP contribution is -2.35. The molecule has 1 N–H and O–H groups in total. The first-order valence-electron chi connectivity index (χ1n) is 7.39. The lowest BCUT2D eigenvalue weighted by atomic mass is 10.1. The fourth-order valence-corrected chi connectivity index (χ4v) is 2.40. The minimum Gasteiger partial charge on any atom is -0.308 e. The van der Waals surface area contributed by atoms with Crippen LogP contribution in [0.1, 0.15) is 44.5 Å². The minimum atomic E-state index is 0.0975. The summed E-state index contributed by atoms with van der Waals surface area (Å²) in [4.78, 5) is 0.